The van der Waals surface area contributed by atoms with E-state index in [1.807, 2.05) is 43.5 Å². The van der Waals surface area contributed by atoms with Crippen molar-refractivity contribution in [2.24, 2.45) is 5.92 Å². The quantitative estimate of drug-likeness (QED) is 0.878. The SMILES string of the molecule is C[C@@H](NC(=O)[C@H]1CC1(Cl)Cl)c1cccc(-n2cccn2)c1. The average molecular weight is 324 g/mol. The molecule has 0 spiro atoms. The number of carbonyl (C=O) groups is 1. The predicted molar refractivity (Wildman–Crippen MR) is 82.7 cm³/mol. The molecule has 1 aromatic carbocycles. The van der Waals surface area contributed by atoms with E-state index in [0.717, 1.165) is 11.3 Å². The van der Waals surface area contributed by atoms with E-state index >= 15 is 0 Å². The largest absolute Gasteiger partial charge is 0.349 e. The summed E-state index contributed by atoms with van der Waals surface area (Å²) in [6.07, 6.45) is 4.12. The highest BCUT2D eigenvalue weighted by atomic mass is 35.5. The fourth-order valence-electron chi connectivity index (χ4n) is 2.25. The lowest BCUT2D eigenvalue weighted by atomic mass is 10.1. The Balaban J connectivity index is 1.72. The van der Waals surface area contributed by atoms with Gasteiger partial charge in [-0.05, 0) is 37.1 Å². The lowest BCUT2D eigenvalue weighted by molar-refractivity contribution is -0.123. The number of alkyl halides is 2. The van der Waals surface area contributed by atoms with Crippen LogP contribution in [0.3, 0.4) is 0 Å². The van der Waals surface area contributed by atoms with Gasteiger partial charge in [0, 0.05) is 12.4 Å². The molecule has 4 nitrogen and oxygen atoms in total. The van der Waals surface area contributed by atoms with Gasteiger partial charge < -0.3 is 5.32 Å². The molecule has 1 fully saturated rings. The Morgan fingerprint density at radius 1 is 1.48 bits per heavy atom. The Labute approximate surface area is 133 Å². The van der Waals surface area contributed by atoms with E-state index in [9.17, 15) is 4.79 Å². The minimum absolute atomic E-state index is 0.100. The maximum Gasteiger partial charge on any atom is 0.226 e. The molecule has 2 aromatic rings. The molecule has 1 heterocycles. The van der Waals surface area contributed by atoms with Crippen molar-refractivity contribution in [1.82, 2.24) is 15.1 Å². The Kier molecular flexibility index (Phi) is 3.68. The number of hydrogen-bond acceptors (Lipinski definition) is 2. The first kappa shape index (κ1) is 14.4. The van der Waals surface area contributed by atoms with Crippen LogP contribution in [0.2, 0.25) is 0 Å². The number of nitrogens with zero attached hydrogens (tertiary/aromatic N) is 2. The van der Waals surface area contributed by atoms with E-state index in [4.69, 9.17) is 23.2 Å². The monoisotopic (exact) mass is 323 g/mol. The van der Waals surface area contributed by atoms with E-state index in [-0.39, 0.29) is 17.9 Å². The van der Waals surface area contributed by atoms with Crippen LogP contribution in [0.25, 0.3) is 5.69 Å². The Morgan fingerprint density at radius 3 is 2.86 bits per heavy atom. The molecule has 0 unspecified atom stereocenters. The van der Waals surface area contributed by atoms with Crippen LogP contribution in [0.1, 0.15) is 24.9 Å². The molecule has 0 bridgehead atoms. The number of benzene rings is 1. The lowest BCUT2D eigenvalue weighted by Gasteiger charge is -2.15. The third kappa shape index (κ3) is 3.06. The molecule has 6 heteroatoms. The molecule has 1 saturated carbocycles. The smallest absolute Gasteiger partial charge is 0.226 e. The summed E-state index contributed by atoms with van der Waals surface area (Å²) in [7, 11) is 0. The topological polar surface area (TPSA) is 46.9 Å². The van der Waals surface area contributed by atoms with E-state index in [1.165, 1.54) is 0 Å². The maximum atomic E-state index is 12.0. The van der Waals surface area contributed by atoms with Crippen LogP contribution in [0.4, 0.5) is 0 Å². The Bertz CT molecular complexity index is 655. The van der Waals surface area contributed by atoms with Crippen molar-refractivity contribution in [1.29, 1.82) is 0 Å². The third-order valence-electron chi connectivity index (χ3n) is 3.64. The van der Waals surface area contributed by atoms with Crippen molar-refractivity contribution >= 4 is 29.1 Å². The Morgan fingerprint density at radius 2 is 2.24 bits per heavy atom. The van der Waals surface area contributed by atoms with Crippen molar-refractivity contribution in [3.05, 3.63) is 48.3 Å². The summed E-state index contributed by atoms with van der Waals surface area (Å²) in [6.45, 7) is 1.94. The van der Waals surface area contributed by atoms with Gasteiger partial charge in [-0.15, -0.1) is 23.2 Å². The van der Waals surface area contributed by atoms with Gasteiger partial charge >= 0.3 is 0 Å². The van der Waals surface area contributed by atoms with Gasteiger partial charge in [0.25, 0.3) is 0 Å². The maximum absolute atomic E-state index is 12.0. The van der Waals surface area contributed by atoms with Crippen LogP contribution in [-0.4, -0.2) is 20.0 Å². The summed E-state index contributed by atoms with van der Waals surface area (Å²) < 4.78 is 0.891. The number of rotatable bonds is 4. The molecular weight excluding hydrogens is 309 g/mol. The summed E-state index contributed by atoms with van der Waals surface area (Å²) in [5, 5.41) is 7.15. The first-order valence-electron chi connectivity index (χ1n) is 6.75. The Hall–Kier alpha value is -1.52. The molecule has 0 radical (unpaired) electrons. The van der Waals surface area contributed by atoms with Crippen molar-refractivity contribution in [2.45, 2.75) is 23.7 Å². The minimum Gasteiger partial charge on any atom is -0.349 e. The van der Waals surface area contributed by atoms with E-state index < -0.39 is 4.33 Å². The molecule has 0 aliphatic heterocycles. The highest BCUT2D eigenvalue weighted by Crippen LogP contribution is 2.53. The van der Waals surface area contributed by atoms with Gasteiger partial charge in [-0.1, -0.05) is 12.1 Å². The molecule has 0 saturated heterocycles. The van der Waals surface area contributed by atoms with Gasteiger partial charge in [0.05, 0.1) is 17.6 Å². The van der Waals surface area contributed by atoms with Gasteiger partial charge in [-0.2, -0.15) is 5.10 Å². The second-order valence-electron chi connectivity index (χ2n) is 5.29. The van der Waals surface area contributed by atoms with Gasteiger partial charge in [0.2, 0.25) is 5.91 Å². The normalized spacial score (nSPS) is 20.8. The van der Waals surface area contributed by atoms with Crippen LogP contribution in [-0.2, 0) is 4.79 Å². The van der Waals surface area contributed by atoms with Gasteiger partial charge in [0.15, 0.2) is 0 Å². The van der Waals surface area contributed by atoms with E-state index in [0.29, 0.717) is 6.42 Å². The van der Waals surface area contributed by atoms with Gasteiger partial charge in [0.1, 0.15) is 4.33 Å². The zero-order chi connectivity index (χ0) is 15.0. The van der Waals surface area contributed by atoms with Crippen LogP contribution >= 0.6 is 23.2 Å². The molecule has 21 heavy (non-hydrogen) atoms. The first-order chi connectivity index (χ1) is 9.97. The number of halogens is 2. The predicted octanol–water partition coefficient (Wildman–Crippen LogP) is 3.24. The molecule has 1 aromatic heterocycles. The summed E-state index contributed by atoms with van der Waals surface area (Å²) in [5.41, 5.74) is 1.96. The van der Waals surface area contributed by atoms with E-state index in [1.54, 1.807) is 10.9 Å². The number of hydrogen-bond donors (Lipinski definition) is 1. The number of carbonyl (C=O) groups excluding carboxylic acids is 1. The zero-order valence-electron chi connectivity index (χ0n) is 11.5. The van der Waals surface area contributed by atoms with Crippen molar-refractivity contribution in [3.63, 3.8) is 0 Å². The molecule has 110 valence electrons. The molecule has 3 rings (SSSR count). The summed E-state index contributed by atoms with van der Waals surface area (Å²) in [5.74, 6) is -0.408. The van der Waals surface area contributed by atoms with Gasteiger partial charge in [-0.3, -0.25) is 4.79 Å². The number of amides is 1. The number of aromatic nitrogens is 2. The molecule has 2 atom stereocenters. The molecule has 1 aliphatic rings. The second-order valence-corrected chi connectivity index (χ2v) is 6.84. The van der Waals surface area contributed by atoms with Crippen molar-refractivity contribution < 1.29 is 4.79 Å². The summed E-state index contributed by atoms with van der Waals surface area (Å²) in [6, 6.07) is 9.64. The molecule has 1 N–H and O–H groups in total. The molecule has 1 aliphatic carbocycles. The minimum atomic E-state index is -0.888. The molecule has 1 amide bonds. The third-order valence-corrected chi connectivity index (χ3v) is 4.48. The van der Waals surface area contributed by atoms with E-state index in [2.05, 4.69) is 10.4 Å². The first-order valence-corrected chi connectivity index (χ1v) is 7.51. The highest BCUT2D eigenvalue weighted by molar-refractivity contribution is 6.52. The second kappa shape index (κ2) is 5.35. The van der Waals surface area contributed by atoms with Gasteiger partial charge in [-0.25, -0.2) is 4.68 Å². The fraction of sp³-hybridized carbons (Fsp3) is 0.333. The lowest BCUT2D eigenvalue weighted by Crippen LogP contribution is -2.29. The van der Waals surface area contributed by atoms with Crippen molar-refractivity contribution in [2.75, 3.05) is 0 Å². The summed E-state index contributed by atoms with van der Waals surface area (Å²) >= 11 is 11.8. The average Bonchev–Trinajstić information content (AvgIpc) is 2.90. The van der Waals surface area contributed by atoms with Crippen LogP contribution < -0.4 is 5.32 Å². The zero-order valence-corrected chi connectivity index (χ0v) is 13.0. The van der Waals surface area contributed by atoms with Crippen LogP contribution in [0, 0.1) is 5.92 Å². The highest BCUT2D eigenvalue weighted by Gasteiger charge is 2.56. The molecular formula is C15H15Cl2N3O. The van der Waals surface area contributed by atoms with Crippen LogP contribution in [0.15, 0.2) is 42.7 Å². The van der Waals surface area contributed by atoms with Crippen LogP contribution in [0.5, 0.6) is 0 Å². The fourth-order valence-corrected chi connectivity index (χ4v) is 2.76. The standard InChI is InChI=1S/C15H15Cl2N3O/c1-10(19-14(21)13-9-15(13,16)17)11-4-2-5-12(8-11)20-7-3-6-18-20/h2-8,10,13H,9H2,1H3,(H,19,21)/t10-,13-/m1/s1. The summed E-state index contributed by atoms with van der Waals surface area (Å²) in [4.78, 5) is 12.0. The van der Waals surface area contributed by atoms with Crippen molar-refractivity contribution in [3.8, 4) is 5.69 Å². The number of nitrogens with one attached hydrogen (secondary N) is 1.